The SMILES string of the molecule is CC(O)C(=NO)c1ccccc1. The minimum Gasteiger partial charge on any atom is -0.411 e. The summed E-state index contributed by atoms with van der Waals surface area (Å²) in [6, 6.07) is 9.07. The number of rotatable bonds is 2. The van der Waals surface area contributed by atoms with Gasteiger partial charge in [0.15, 0.2) is 0 Å². The van der Waals surface area contributed by atoms with Gasteiger partial charge in [0.25, 0.3) is 0 Å². The molecule has 3 nitrogen and oxygen atoms in total. The maximum Gasteiger partial charge on any atom is 0.115 e. The molecule has 0 amide bonds. The molecule has 1 aromatic carbocycles. The van der Waals surface area contributed by atoms with Crippen LogP contribution in [0.15, 0.2) is 35.5 Å². The van der Waals surface area contributed by atoms with Crippen molar-refractivity contribution in [2.24, 2.45) is 5.16 Å². The van der Waals surface area contributed by atoms with Crippen molar-refractivity contribution >= 4 is 5.71 Å². The molecule has 0 aromatic heterocycles. The van der Waals surface area contributed by atoms with Crippen molar-refractivity contribution in [3.05, 3.63) is 35.9 Å². The van der Waals surface area contributed by atoms with Crippen molar-refractivity contribution in [2.45, 2.75) is 13.0 Å². The molecule has 2 N–H and O–H groups in total. The molecule has 0 fully saturated rings. The largest absolute Gasteiger partial charge is 0.411 e. The molecule has 3 heteroatoms. The summed E-state index contributed by atoms with van der Waals surface area (Å²) in [5.41, 5.74) is 1.02. The first-order valence-electron chi connectivity index (χ1n) is 3.71. The Hall–Kier alpha value is -1.35. The number of oxime groups is 1. The third kappa shape index (κ3) is 1.83. The summed E-state index contributed by atoms with van der Waals surface area (Å²) in [6.07, 6.45) is -0.752. The summed E-state index contributed by atoms with van der Waals surface area (Å²) < 4.78 is 0. The Kier molecular flexibility index (Phi) is 2.82. The highest BCUT2D eigenvalue weighted by atomic mass is 16.4. The summed E-state index contributed by atoms with van der Waals surface area (Å²) in [6.45, 7) is 1.56. The Balaban J connectivity index is 2.97. The maximum atomic E-state index is 9.17. The van der Waals surface area contributed by atoms with Crippen LogP contribution in [0.1, 0.15) is 12.5 Å². The van der Waals surface area contributed by atoms with Crippen molar-refractivity contribution in [3.63, 3.8) is 0 Å². The molecule has 0 saturated carbocycles. The molecular formula is C9H11NO2. The average molecular weight is 165 g/mol. The first kappa shape index (κ1) is 8.74. The quantitative estimate of drug-likeness (QED) is 0.393. The lowest BCUT2D eigenvalue weighted by molar-refractivity contribution is 0.248. The zero-order chi connectivity index (χ0) is 8.97. The standard InChI is InChI=1S/C9H11NO2/c1-7(11)9(10-12)8-5-3-2-4-6-8/h2-7,11-12H,1H3. The molecule has 0 bridgehead atoms. The number of aliphatic hydroxyl groups is 1. The molecule has 1 rings (SSSR count). The molecular weight excluding hydrogens is 154 g/mol. The molecule has 0 spiro atoms. The summed E-state index contributed by atoms with van der Waals surface area (Å²) in [5.74, 6) is 0. The van der Waals surface area contributed by atoms with E-state index in [9.17, 15) is 5.11 Å². The van der Waals surface area contributed by atoms with Gasteiger partial charge >= 0.3 is 0 Å². The van der Waals surface area contributed by atoms with Crippen LogP contribution in [-0.2, 0) is 0 Å². The van der Waals surface area contributed by atoms with E-state index in [1.165, 1.54) is 0 Å². The highest BCUT2D eigenvalue weighted by Gasteiger charge is 2.08. The molecule has 0 heterocycles. The Morgan fingerprint density at radius 3 is 2.33 bits per heavy atom. The number of hydrogen-bond acceptors (Lipinski definition) is 3. The van der Waals surface area contributed by atoms with Crippen LogP contribution >= 0.6 is 0 Å². The second kappa shape index (κ2) is 3.88. The number of hydrogen-bond donors (Lipinski definition) is 2. The van der Waals surface area contributed by atoms with Crippen molar-refractivity contribution in [1.29, 1.82) is 0 Å². The molecule has 1 aromatic rings. The van der Waals surface area contributed by atoms with Crippen LogP contribution < -0.4 is 0 Å². The van der Waals surface area contributed by atoms with Gasteiger partial charge in [0, 0.05) is 5.56 Å². The van der Waals surface area contributed by atoms with Crippen molar-refractivity contribution in [1.82, 2.24) is 0 Å². The van der Waals surface area contributed by atoms with Gasteiger partial charge in [-0.3, -0.25) is 0 Å². The van der Waals surface area contributed by atoms with Crippen LogP contribution in [0.4, 0.5) is 0 Å². The Morgan fingerprint density at radius 1 is 1.33 bits per heavy atom. The van der Waals surface area contributed by atoms with E-state index in [1.807, 2.05) is 18.2 Å². The van der Waals surface area contributed by atoms with Gasteiger partial charge in [-0.1, -0.05) is 35.5 Å². The molecule has 0 aliphatic rings. The van der Waals surface area contributed by atoms with Gasteiger partial charge in [-0.2, -0.15) is 0 Å². The fraction of sp³-hybridized carbons (Fsp3) is 0.222. The lowest BCUT2D eigenvalue weighted by Crippen LogP contribution is -2.17. The molecule has 1 atom stereocenters. The van der Waals surface area contributed by atoms with Crippen molar-refractivity contribution < 1.29 is 10.3 Å². The van der Waals surface area contributed by atoms with Crippen LogP contribution in [-0.4, -0.2) is 22.1 Å². The van der Waals surface area contributed by atoms with Crippen LogP contribution in [0, 0.1) is 0 Å². The number of benzene rings is 1. The normalized spacial score (nSPS) is 14.3. The molecule has 64 valence electrons. The maximum absolute atomic E-state index is 9.17. The van der Waals surface area contributed by atoms with E-state index < -0.39 is 6.10 Å². The average Bonchev–Trinajstić information content (AvgIpc) is 2.07. The fourth-order valence-electron chi connectivity index (χ4n) is 0.991. The molecule has 12 heavy (non-hydrogen) atoms. The van der Waals surface area contributed by atoms with Gasteiger partial charge in [0.1, 0.15) is 5.71 Å². The predicted octanol–water partition coefficient (Wildman–Crippen LogP) is 1.25. The number of aliphatic hydroxyl groups excluding tert-OH is 1. The van der Waals surface area contributed by atoms with E-state index in [4.69, 9.17) is 5.21 Å². The first-order chi connectivity index (χ1) is 5.75. The first-order valence-corrected chi connectivity index (χ1v) is 3.71. The van der Waals surface area contributed by atoms with E-state index in [2.05, 4.69) is 5.16 Å². The Morgan fingerprint density at radius 2 is 1.92 bits per heavy atom. The van der Waals surface area contributed by atoms with Crippen LogP contribution in [0.25, 0.3) is 0 Å². The molecule has 0 saturated heterocycles. The second-order valence-corrected chi connectivity index (χ2v) is 2.53. The van der Waals surface area contributed by atoms with Gasteiger partial charge in [0.2, 0.25) is 0 Å². The summed E-state index contributed by atoms with van der Waals surface area (Å²) in [5, 5.41) is 20.8. The van der Waals surface area contributed by atoms with Gasteiger partial charge < -0.3 is 10.3 Å². The fourth-order valence-corrected chi connectivity index (χ4v) is 0.991. The van der Waals surface area contributed by atoms with Gasteiger partial charge in [-0.15, -0.1) is 0 Å². The van der Waals surface area contributed by atoms with E-state index in [-0.39, 0.29) is 5.71 Å². The summed E-state index contributed by atoms with van der Waals surface area (Å²) >= 11 is 0. The van der Waals surface area contributed by atoms with E-state index in [1.54, 1.807) is 19.1 Å². The lowest BCUT2D eigenvalue weighted by Gasteiger charge is -2.05. The third-order valence-corrected chi connectivity index (χ3v) is 1.57. The molecule has 1 unspecified atom stereocenters. The van der Waals surface area contributed by atoms with E-state index in [0.717, 1.165) is 5.56 Å². The molecule has 0 aliphatic carbocycles. The monoisotopic (exact) mass is 165 g/mol. The van der Waals surface area contributed by atoms with Gasteiger partial charge in [0.05, 0.1) is 6.10 Å². The smallest absolute Gasteiger partial charge is 0.115 e. The number of nitrogens with zero attached hydrogens (tertiary/aromatic N) is 1. The van der Waals surface area contributed by atoms with Gasteiger partial charge in [-0.05, 0) is 6.92 Å². The third-order valence-electron chi connectivity index (χ3n) is 1.57. The molecule has 0 aliphatic heterocycles. The van der Waals surface area contributed by atoms with E-state index in [0.29, 0.717) is 0 Å². The summed E-state index contributed by atoms with van der Waals surface area (Å²) in [4.78, 5) is 0. The minimum atomic E-state index is -0.752. The van der Waals surface area contributed by atoms with E-state index >= 15 is 0 Å². The van der Waals surface area contributed by atoms with Crippen molar-refractivity contribution in [2.75, 3.05) is 0 Å². The zero-order valence-electron chi connectivity index (χ0n) is 6.81. The minimum absolute atomic E-state index is 0.288. The van der Waals surface area contributed by atoms with Crippen LogP contribution in [0.5, 0.6) is 0 Å². The Labute approximate surface area is 71.0 Å². The topological polar surface area (TPSA) is 52.8 Å². The van der Waals surface area contributed by atoms with Crippen LogP contribution in [0.2, 0.25) is 0 Å². The predicted molar refractivity (Wildman–Crippen MR) is 46.4 cm³/mol. The highest BCUT2D eigenvalue weighted by molar-refractivity contribution is 6.02. The van der Waals surface area contributed by atoms with Gasteiger partial charge in [-0.25, -0.2) is 0 Å². The zero-order valence-corrected chi connectivity index (χ0v) is 6.81. The van der Waals surface area contributed by atoms with Crippen molar-refractivity contribution in [3.8, 4) is 0 Å². The second-order valence-electron chi connectivity index (χ2n) is 2.53. The molecule has 0 radical (unpaired) electrons. The lowest BCUT2D eigenvalue weighted by atomic mass is 10.1. The highest BCUT2D eigenvalue weighted by Crippen LogP contribution is 2.03. The summed E-state index contributed by atoms with van der Waals surface area (Å²) in [7, 11) is 0. The Bertz CT molecular complexity index is 267. The van der Waals surface area contributed by atoms with Crippen LogP contribution in [0.3, 0.4) is 0 Å².